The fraction of sp³-hybridized carbons (Fsp3) is 0.111. The van der Waals surface area contributed by atoms with Crippen molar-refractivity contribution in [2.75, 3.05) is 7.11 Å². The Bertz CT molecular complexity index is 338. The summed E-state index contributed by atoms with van der Waals surface area (Å²) in [7, 11) is 1.31. The zero-order valence-corrected chi connectivity index (χ0v) is 7.11. The molecule has 0 fully saturated rings. The molecule has 1 N–H and O–H groups in total. The van der Waals surface area contributed by atoms with E-state index in [4.69, 9.17) is 0 Å². The number of esters is 1. The molecule has 0 radical (unpaired) electrons. The minimum Gasteiger partial charge on any atom is -0.466 e. The molecule has 0 bridgehead atoms. The van der Waals surface area contributed by atoms with Crippen molar-refractivity contribution in [1.82, 2.24) is 4.98 Å². The molecule has 13 heavy (non-hydrogen) atoms. The molecule has 0 aromatic carbocycles. The number of nitrogens with one attached hydrogen (secondary N) is 1. The highest BCUT2D eigenvalue weighted by Crippen LogP contribution is 2.03. The van der Waals surface area contributed by atoms with E-state index in [1.165, 1.54) is 13.2 Å². The van der Waals surface area contributed by atoms with E-state index in [0.717, 1.165) is 5.56 Å². The van der Waals surface area contributed by atoms with Gasteiger partial charge >= 0.3 is 5.97 Å². The molecule has 0 aliphatic rings. The number of aldehydes is 1. The maximum Gasteiger partial charge on any atom is 0.330 e. The van der Waals surface area contributed by atoms with E-state index in [1.807, 2.05) is 0 Å². The minimum absolute atomic E-state index is 0.422. The van der Waals surface area contributed by atoms with Gasteiger partial charge in [-0.1, -0.05) is 0 Å². The molecular weight excluding hydrogens is 170 g/mol. The molecule has 0 saturated heterocycles. The summed E-state index contributed by atoms with van der Waals surface area (Å²) >= 11 is 0. The SMILES string of the molecule is COC(=O)C=Cc1c[nH]c(C=O)c1. The summed E-state index contributed by atoms with van der Waals surface area (Å²) in [4.78, 5) is 23.7. The van der Waals surface area contributed by atoms with Crippen LogP contribution in [-0.4, -0.2) is 24.3 Å². The summed E-state index contributed by atoms with van der Waals surface area (Å²) in [5.74, 6) is -0.422. The molecule has 0 unspecified atom stereocenters. The fourth-order valence-electron chi connectivity index (χ4n) is 0.826. The second-order valence-corrected chi connectivity index (χ2v) is 2.36. The van der Waals surface area contributed by atoms with E-state index in [9.17, 15) is 9.59 Å². The first-order chi connectivity index (χ1) is 6.26. The van der Waals surface area contributed by atoms with Gasteiger partial charge in [0.15, 0.2) is 6.29 Å². The minimum atomic E-state index is -0.422. The van der Waals surface area contributed by atoms with E-state index in [2.05, 4.69) is 9.72 Å². The van der Waals surface area contributed by atoms with Gasteiger partial charge in [0, 0.05) is 12.3 Å². The standard InChI is InChI=1S/C9H9NO3/c1-13-9(12)3-2-7-4-8(6-11)10-5-7/h2-6,10H,1H3. The molecule has 1 aromatic rings. The number of hydrogen-bond donors (Lipinski definition) is 1. The summed E-state index contributed by atoms with van der Waals surface area (Å²) in [5.41, 5.74) is 1.23. The molecule has 4 nitrogen and oxygen atoms in total. The van der Waals surface area contributed by atoms with E-state index >= 15 is 0 Å². The highest BCUT2D eigenvalue weighted by molar-refractivity contribution is 5.87. The van der Waals surface area contributed by atoms with Gasteiger partial charge in [0.2, 0.25) is 0 Å². The largest absolute Gasteiger partial charge is 0.466 e. The first kappa shape index (κ1) is 9.25. The number of hydrogen-bond acceptors (Lipinski definition) is 3. The maximum absolute atomic E-state index is 10.7. The number of aromatic amines is 1. The number of carbonyl (C=O) groups is 2. The van der Waals surface area contributed by atoms with Gasteiger partial charge in [-0.3, -0.25) is 4.79 Å². The van der Waals surface area contributed by atoms with Gasteiger partial charge in [0.05, 0.1) is 12.8 Å². The van der Waals surface area contributed by atoms with Crippen LogP contribution in [0.15, 0.2) is 18.3 Å². The van der Waals surface area contributed by atoms with Crippen LogP contribution in [0.3, 0.4) is 0 Å². The zero-order chi connectivity index (χ0) is 9.68. The van der Waals surface area contributed by atoms with Crippen molar-refractivity contribution < 1.29 is 14.3 Å². The molecule has 0 aliphatic heterocycles. The van der Waals surface area contributed by atoms with Crippen molar-refractivity contribution in [2.24, 2.45) is 0 Å². The van der Waals surface area contributed by atoms with Gasteiger partial charge in [-0.15, -0.1) is 0 Å². The molecule has 0 aliphatic carbocycles. The summed E-state index contributed by atoms with van der Waals surface area (Å²) < 4.78 is 4.40. The first-order valence-electron chi connectivity index (χ1n) is 3.66. The van der Waals surface area contributed by atoms with Crippen molar-refractivity contribution in [1.29, 1.82) is 0 Å². The molecule has 0 atom stereocenters. The summed E-state index contributed by atoms with van der Waals surface area (Å²) in [6.07, 6.45) is 5.19. The van der Waals surface area contributed by atoms with Crippen LogP contribution in [0, 0.1) is 0 Å². The van der Waals surface area contributed by atoms with Crippen molar-refractivity contribution in [3.05, 3.63) is 29.6 Å². The van der Waals surface area contributed by atoms with Crippen molar-refractivity contribution >= 4 is 18.3 Å². The highest BCUT2D eigenvalue weighted by atomic mass is 16.5. The molecule has 0 amide bonds. The Kier molecular flexibility index (Phi) is 3.03. The van der Waals surface area contributed by atoms with Crippen LogP contribution >= 0.6 is 0 Å². The van der Waals surface area contributed by atoms with E-state index in [-0.39, 0.29) is 0 Å². The van der Waals surface area contributed by atoms with Crippen molar-refractivity contribution in [2.45, 2.75) is 0 Å². The maximum atomic E-state index is 10.7. The van der Waals surface area contributed by atoms with Crippen LogP contribution in [0.1, 0.15) is 16.1 Å². The number of rotatable bonds is 3. The third-order valence-corrected chi connectivity index (χ3v) is 1.47. The molecule has 68 valence electrons. The van der Waals surface area contributed by atoms with Crippen LogP contribution in [0.2, 0.25) is 0 Å². The van der Waals surface area contributed by atoms with Crippen molar-refractivity contribution in [3.63, 3.8) is 0 Å². The third kappa shape index (κ3) is 2.59. The molecule has 1 heterocycles. The van der Waals surface area contributed by atoms with Crippen LogP contribution in [0.25, 0.3) is 6.08 Å². The van der Waals surface area contributed by atoms with Gasteiger partial charge in [0.1, 0.15) is 0 Å². The summed E-state index contributed by atoms with van der Waals surface area (Å²) in [5, 5.41) is 0. The number of aromatic nitrogens is 1. The van der Waals surface area contributed by atoms with E-state index in [0.29, 0.717) is 12.0 Å². The smallest absolute Gasteiger partial charge is 0.330 e. The molecule has 4 heteroatoms. The van der Waals surface area contributed by atoms with Gasteiger partial charge < -0.3 is 9.72 Å². The number of methoxy groups -OCH3 is 1. The summed E-state index contributed by atoms with van der Waals surface area (Å²) in [6.45, 7) is 0. The topological polar surface area (TPSA) is 59.2 Å². The van der Waals surface area contributed by atoms with E-state index < -0.39 is 5.97 Å². The van der Waals surface area contributed by atoms with Crippen molar-refractivity contribution in [3.8, 4) is 0 Å². The second kappa shape index (κ2) is 4.25. The quantitative estimate of drug-likeness (QED) is 0.428. The van der Waals surface area contributed by atoms with Gasteiger partial charge in [-0.2, -0.15) is 0 Å². The second-order valence-electron chi connectivity index (χ2n) is 2.36. The normalized spacial score (nSPS) is 10.2. The lowest BCUT2D eigenvalue weighted by atomic mass is 10.3. The lowest BCUT2D eigenvalue weighted by molar-refractivity contribution is -0.134. The lowest BCUT2D eigenvalue weighted by Gasteiger charge is -1.87. The fourth-order valence-corrected chi connectivity index (χ4v) is 0.826. The summed E-state index contributed by atoms with van der Waals surface area (Å²) in [6, 6.07) is 1.63. The number of ether oxygens (including phenoxy) is 1. The molecular formula is C9H9NO3. The Morgan fingerprint density at radius 3 is 2.92 bits per heavy atom. The number of H-pyrrole nitrogens is 1. The Morgan fingerprint density at radius 1 is 1.62 bits per heavy atom. The Hall–Kier alpha value is -1.84. The average molecular weight is 179 g/mol. The van der Waals surface area contributed by atoms with Crippen LogP contribution in [0.4, 0.5) is 0 Å². The zero-order valence-electron chi connectivity index (χ0n) is 7.11. The Morgan fingerprint density at radius 2 is 2.38 bits per heavy atom. The lowest BCUT2D eigenvalue weighted by Crippen LogP contribution is -1.92. The first-order valence-corrected chi connectivity index (χ1v) is 3.66. The van der Waals surface area contributed by atoms with Crippen LogP contribution in [-0.2, 0) is 9.53 Å². The predicted octanol–water partition coefficient (Wildman–Crippen LogP) is 1.01. The predicted molar refractivity (Wildman–Crippen MR) is 47.2 cm³/mol. The molecule has 0 spiro atoms. The third-order valence-electron chi connectivity index (χ3n) is 1.47. The molecule has 1 rings (SSSR count). The van der Waals surface area contributed by atoms with E-state index in [1.54, 1.807) is 18.3 Å². The monoisotopic (exact) mass is 179 g/mol. The van der Waals surface area contributed by atoms with Crippen LogP contribution < -0.4 is 0 Å². The number of carbonyl (C=O) groups excluding carboxylic acids is 2. The van der Waals surface area contributed by atoms with Crippen LogP contribution in [0.5, 0.6) is 0 Å². The Balaban J connectivity index is 2.68. The average Bonchev–Trinajstić information content (AvgIpc) is 2.61. The molecule has 1 aromatic heterocycles. The van der Waals surface area contributed by atoms with Gasteiger partial charge in [-0.05, 0) is 17.7 Å². The van der Waals surface area contributed by atoms with Gasteiger partial charge in [0.25, 0.3) is 0 Å². The molecule has 0 saturated carbocycles. The van der Waals surface area contributed by atoms with Gasteiger partial charge in [-0.25, -0.2) is 4.79 Å². The highest BCUT2D eigenvalue weighted by Gasteiger charge is 1.95. The Labute approximate surface area is 75.2 Å².